The molecule has 1 aliphatic heterocycles. The maximum Gasteiger partial charge on any atom is 0.303 e. The number of esters is 1. The molecule has 0 amide bonds. The first kappa shape index (κ1) is 8.72. The van der Waals surface area contributed by atoms with Crippen LogP contribution in [0, 0.1) is 0 Å². The minimum atomic E-state index is -0.531. The highest BCUT2D eigenvalue weighted by molar-refractivity contribution is 5.66. The Bertz CT molecular complexity index is 271. The number of carbonyl (C=O) groups excluding carboxylic acids is 1. The van der Waals surface area contributed by atoms with Crippen LogP contribution >= 0.6 is 0 Å². The van der Waals surface area contributed by atoms with Crippen LogP contribution in [0.1, 0.15) is 13.8 Å². The Hall–Kier alpha value is -0.870. The van der Waals surface area contributed by atoms with Crippen molar-refractivity contribution in [1.29, 1.82) is 0 Å². The molecule has 13 heavy (non-hydrogen) atoms. The van der Waals surface area contributed by atoms with Crippen molar-refractivity contribution >= 4 is 5.97 Å². The van der Waals surface area contributed by atoms with Crippen molar-refractivity contribution in [3.05, 3.63) is 11.6 Å². The Morgan fingerprint density at radius 1 is 1.62 bits per heavy atom. The van der Waals surface area contributed by atoms with Crippen molar-refractivity contribution in [3.63, 3.8) is 0 Å². The normalized spacial score (nSPS) is 41.9. The Balaban J connectivity index is 2.09. The van der Waals surface area contributed by atoms with Gasteiger partial charge in [-0.1, -0.05) is 0 Å². The number of rotatable bonds is 1. The van der Waals surface area contributed by atoms with E-state index in [9.17, 15) is 9.90 Å². The first-order valence-corrected chi connectivity index (χ1v) is 4.28. The van der Waals surface area contributed by atoms with Crippen LogP contribution in [0.3, 0.4) is 0 Å². The van der Waals surface area contributed by atoms with E-state index in [1.807, 2.05) is 0 Å². The molecule has 2 aliphatic rings. The zero-order chi connectivity index (χ0) is 9.59. The fourth-order valence-corrected chi connectivity index (χ4v) is 1.66. The van der Waals surface area contributed by atoms with Gasteiger partial charge in [-0.3, -0.25) is 4.79 Å². The number of carbonyl (C=O) groups is 1. The molecule has 0 aromatic heterocycles. The van der Waals surface area contributed by atoms with Gasteiger partial charge in [-0.15, -0.1) is 0 Å². The number of fused-ring (bicyclic) bond motifs is 1. The van der Waals surface area contributed by atoms with Gasteiger partial charge >= 0.3 is 5.97 Å². The summed E-state index contributed by atoms with van der Waals surface area (Å²) in [4.78, 5) is 10.7. The lowest BCUT2D eigenvalue weighted by molar-refractivity contribution is -0.145. The molecule has 0 unspecified atom stereocenters. The van der Waals surface area contributed by atoms with Gasteiger partial charge in [-0.2, -0.15) is 0 Å². The smallest absolute Gasteiger partial charge is 0.303 e. The molecule has 1 fully saturated rings. The molecule has 1 N–H and O–H groups in total. The van der Waals surface area contributed by atoms with E-state index in [-0.39, 0.29) is 24.3 Å². The molecule has 72 valence electrons. The summed E-state index contributed by atoms with van der Waals surface area (Å²) < 4.78 is 10.2. The summed E-state index contributed by atoms with van der Waals surface area (Å²) in [6.07, 6.45) is 0.597. The summed E-state index contributed by atoms with van der Waals surface area (Å²) in [7, 11) is 0. The molecule has 0 saturated carbocycles. The van der Waals surface area contributed by atoms with E-state index in [2.05, 4.69) is 0 Å². The third kappa shape index (κ3) is 1.47. The summed E-state index contributed by atoms with van der Waals surface area (Å²) in [6.45, 7) is 3.17. The fraction of sp³-hybridized carbons (Fsp3) is 0.667. The van der Waals surface area contributed by atoms with Crippen molar-refractivity contribution in [3.8, 4) is 0 Å². The highest BCUT2D eigenvalue weighted by atomic mass is 16.6. The molecule has 1 saturated heterocycles. The van der Waals surface area contributed by atoms with Gasteiger partial charge in [0.1, 0.15) is 24.4 Å². The molecular formula is C9H12O4. The zero-order valence-electron chi connectivity index (χ0n) is 7.56. The second-order valence-corrected chi connectivity index (χ2v) is 3.49. The third-order valence-corrected chi connectivity index (χ3v) is 2.39. The van der Waals surface area contributed by atoms with Crippen molar-refractivity contribution in [2.24, 2.45) is 0 Å². The predicted molar refractivity (Wildman–Crippen MR) is 44.0 cm³/mol. The molecule has 4 atom stereocenters. The van der Waals surface area contributed by atoms with E-state index in [4.69, 9.17) is 9.47 Å². The van der Waals surface area contributed by atoms with E-state index < -0.39 is 6.10 Å². The lowest BCUT2D eigenvalue weighted by Crippen LogP contribution is -2.32. The number of aliphatic hydroxyl groups excluding tert-OH is 1. The summed E-state index contributed by atoms with van der Waals surface area (Å²) in [5.74, 6) is -0.320. The first-order valence-electron chi connectivity index (χ1n) is 4.28. The van der Waals surface area contributed by atoms with E-state index in [1.54, 1.807) is 13.0 Å². The van der Waals surface area contributed by atoms with Crippen LogP contribution < -0.4 is 0 Å². The van der Waals surface area contributed by atoms with Crippen LogP contribution in [0.15, 0.2) is 11.6 Å². The van der Waals surface area contributed by atoms with Crippen LogP contribution in [0.25, 0.3) is 0 Å². The fourth-order valence-electron chi connectivity index (χ4n) is 1.66. The summed E-state index contributed by atoms with van der Waals surface area (Å²) in [5.41, 5.74) is 0.810. The highest BCUT2D eigenvalue weighted by Crippen LogP contribution is 2.37. The lowest BCUT2D eigenvalue weighted by atomic mass is 9.96. The van der Waals surface area contributed by atoms with Gasteiger partial charge in [0, 0.05) is 6.92 Å². The molecule has 0 spiro atoms. The summed E-state index contributed by atoms with van der Waals surface area (Å²) in [5, 5.41) is 9.51. The second-order valence-electron chi connectivity index (χ2n) is 3.49. The van der Waals surface area contributed by atoms with Gasteiger partial charge in [0.25, 0.3) is 0 Å². The van der Waals surface area contributed by atoms with Crippen molar-refractivity contribution in [2.75, 3.05) is 0 Å². The molecule has 0 aromatic carbocycles. The average Bonchev–Trinajstić information content (AvgIpc) is 2.77. The molecule has 1 heterocycles. The molecule has 1 aliphatic carbocycles. The first-order chi connectivity index (χ1) is 6.09. The van der Waals surface area contributed by atoms with Crippen LogP contribution in [0.5, 0.6) is 0 Å². The van der Waals surface area contributed by atoms with Gasteiger partial charge in [-0.05, 0) is 18.6 Å². The average molecular weight is 184 g/mol. The van der Waals surface area contributed by atoms with E-state index in [1.165, 1.54) is 6.92 Å². The van der Waals surface area contributed by atoms with E-state index >= 15 is 0 Å². The van der Waals surface area contributed by atoms with Crippen LogP contribution in [0.2, 0.25) is 0 Å². The third-order valence-electron chi connectivity index (χ3n) is 2.39. The van der Waals surface area contributed by atoms with Crippen LogP contribution in [-0.2, 0) is 14.3 Å². The van der Waals surface area contributed by atoms with Gasteiger partial charge in [0.15, 0.2) is 0 Å². The summed E-state index contributed by atoms with van der Waals surface area (Å²) >= 11 is 0. The monoisotopic (exact) mass is 184 g/mol. The Labute approximate surface area is 76.1 Å². The maximum atomic E-state index is 10.7. The SMILES string of the molecule is CC(=O)O[C@@H]1C=C(C)[C@H](O)[C@@H]2O[C@@H]21. The quantitative estimate of drug-likeness (QED) is 0.354. The number of aliphatic hydroxyl groups is 1. The van der Waals surface area contributed by atoms with Crippen LogP contribution in [0.4, 0.5) is 0 Å². The van der Waals surface area contributed by atoms with Crippen LogP contribution in [-0.4, -0.2) is 35.5 Å². The maximum absolute atomic E-state index is 10.7. The van der Waals surface area contributed by atoms with Gasteiger partial charge < -0.3 is 14.6 Å². The molecule has 2 rings (SSSR count). The molecule has 0 bridgehead atoms. The zero-order valence-corrected chi connectivity index (χ0v) is 7.56. The van der Waals surface area contributed by atoms with Crippen molar-refractivity contribution in [1.82, 2.24) is 0 Å². The Morgan fingerprint density at radius 2 is 2.31 bits per heavy atom. The van der Waals surface area contributed by atoms with E-state index in [0.29, 0.717) is 0 Å². The Kier molecular flexibility index (Phi) is 1.89. The molecule has 0 aromatic rings. The van der Waals surface area contributed by atoms with Crippen molar-refractivity contribution in [2.45, 2.75) is 38.3 Å². The molecule has 0 radical (unpaired) electrons. The summed E-state index contributed by atoms with van der Waals surface area (Å²) in [6, 6.07) is 0. The number of epoxide rings is 1. The molecule has 4 heteroatoms. The largest absolute Gasteiger partial charge is 0.455 e. The molecule has 4 nitrogen and oxygen atoms in total. The number of hydrogen-bond donors (Lipinski definition) is 1. The number of ether oxygens (including phenoxy) is 2. The molecular weight excluding hydrogens is 172 g/mol. The second kappa shape index (κ2) is 2.82. The Morgan fingerprint density at radius 3 is 2.92 bits per heavy atom. The van der Waals surface area contributed by atoms with E-state index in [0.717, 1.165) is 5.57 Å². The highest BCUT2D eigenvalue weighted by Gasteiger charge is 2.53. The minimum Gasteiger partial charge on any atom is -0.455 e. The minimum absolute atomic E-state index is 0.136. The lowest BCUT2D eigenvalue weighted by Gasteiger charge is -2.19. The topological polar surface area (TPSA) is 59.1 Å². The van der Waals surface area contributed by atoms with Crippen molar-refractivity contribution < 1.29 is 19.4 Å². The van der Waals surface area contributed by atoms with Gasteiger partial charge in [0.2, 0.25) is 0 Å². The number of hydrogen-bond acceptors (Lipinski definition) is 4. The van der Waals surface area contributed by atoms with Gasteiger partial charge in [0.05, 0.1) is 0 Å². The standard InChI is InChI=1S/C9H12O4/c1-4-3-6(12-5(2)10)8-9(13-8)7(4)11/h3,6-9,11H,1-2H3/t6-,7+,8-,9+/m1/s1. The van der Waals surface area contributed by atoms with Gasteiger partial charge in [-0.25, -0.2) is 0 Å². The predicted octanol–water partition coefficient (Wildman–Crippen LogP) is 0.00630.